The molecule has 0 aliphatic carbocycles. The van der Waals surface area contributed by atoms with Gasteiger partial charge in [0.2, 0.25) is 0 Å². The Labute approximate surface area is 99.4 Å². The van der Waals surface area contributed by atoms with E-state index in [0.29, 0.717) is 0 Å². The maximum absolute atomic E-state index is 6.10. The predicted octanol–water partition coefficient (Wildman–Crippen LogP) is 3.53. The van der Waals surface area contributed by atoms with E-state index >= 15 is 0 Å². The van der Waals surface area contributed by atoms with E-state index in [1.165, 1.54) is 16.7 Å². The third-order valence-corrected chi connectivity index (χ3v) is 3.05. The summed E-state index contributed by atoms with van der Waals surface area (Å²) in [6.45, 7) is 8.02. The van der Waals surface area contributed by atoms with E-state index in [4.69, 9.17) is 5.73 Å². The van der Waals surface area contributed by atoms with Crippen molar-refractivity contribution < 1.29 is 0 Å². The number of nitrogens with two attached hydrogens (primary N) is 1. The predicted molar refractivity (Wildman–Crippen MR) is 71.6 cm³/mol. The molecular weight excluding hydrogens is 194 g/mol. The van der Waals surface area contributed by atoms with Gasteiger partial charge in [0.1, 0.15) is 0 Å². The highest BCUT2D eigenvalue weighted by Gasteiger charge is 2.04. The summed E-state index contributed by atoms with van der Waals surface area (Å²) in [6.07, 6.45) is 6.25. The second-order valence-electron chi connectivity index (χ2n) is 4.60. The Morgan fingerprint density at radius 3 is 2.69 bits per heavy atom. The molecule has 1 aromatic rings. The first-order valence-electron chi connectivity index (χ1n) is 6.06. The van der Waals surface area contributed by atoms with Gasteiger partial charge in [-0.2, -0.15) is 0 Å². The largest absolute Gasteiger partial charge is 0.327 e. The molecule has 1 atom stereocenters. The van der Waals surface area contributed by atoms with Crippen LogP contribution < -0.4 is 5.73 Å². The molecule has 0 bridgehead atoms. The Bertz CT molecular complexity index is 341. The van der Waals surface area contributed by atoms with Gasteiger partial charge in [0.25, 0.3) is 0 Å². The number of aryl methyl sites for hydroxylation is 2. The average molecular weight is 217 g/mol. The minimum Gasteiger partial charge on any atom is -0.327 e. The molecule has 16 heavy (non-hydrogen) atoms. The van der Waals surface area contributed by atoms with Gasteiger partial charge in [-0.15, -0.1) is 6.58 Å². The van der Waals surface area contributed by atoms with Crippen molar-refractivity contribution in [1.29, 1.82) is 0 Å². The van der Waals surface area contributed by atoms with Gasteiger partial charge >= 0.3 is 0 Å². The summed E-state index contributed by atoms with van der Waals surface area (Å²) in [5.74, 6) is 0. The highest BCUT2D eigenvalue weighted by molar-refractivity contribution is 5.30. The van der Waals surface area contributed by atoms with Crippen LogP contribution in [-0.4, -0.2) is 6.04 Å². The van der Waals surface area contributed by atoms with E-state index in [2.05, 4.69) is 38.6 Å². The molecule has 0 radical (unpaired) electrons. The smallest absolute Gasteiger partial charge is 0.00794 e. The lowest BCUT2D eigenvalue weighted by Crippen LogP contribution is -2.22. The number of unbranched alkanes of at least 4 members (excludes halogenated alkanes) is 1. The maximum Gasteiger partial charge on any atom is 0.00794 e. The molecule has 0 fully saturated rings. The number of hydrogen-bond donors (Lipinski definition) is 1. The average Bonchev–Trinajstić information content (AvgIpc) is 2.24. The Morgan fingerprint density at radius 2 is 2.06 bits per heavy atom. The van der Waals surface area contributed by atoms with Gasteiger partial charge in [-0.3, -0.25) is 0 Å². The lowest BCUT2D eigenvalue weighted by atomic mass is 9.98. The molecule has 0 heterocycles. The summed E-state index contributed by atoms with van der Waals surface area (Å²) in [6, 6.07) is 6.90. The van der Waals surface area contributed by atoms with Crippen LogP contribution in [-0.2, 0) is 6.42 Å². The molecule has 88 valence electrons. The van der Waals surface area contributed by atoms with E-state index in [0.717, 1.165) is 25.7 Å². The van der Waals surface area contributed by atoms with Crippen LogP contribution in [0.3, 0.4) is 0 Å². The van der Waals surface area contributed by atoms with Crippen LogP contribution in [0.1, 0.15) is 36.0 Å². The minimum atomic E-state index is 0.280. The lowest BCUT2D eigenvalue weighted by molar-refractivity contribution is 0.584. The fourth-order valence-electron chi connectivity index (χ4n) is 1.86. The first kappa shape index (κ1) is 13.0. The molecule has 0 saturated heterocycles. The van der Waals surface area contributed by atoms with Crippen molar-refractivity contribution in [3.8, 4) is 0 Å². The zero-order chi connectivity index (χ0) is 12.0. The molecule has 1 rings (SSSR count). The quantitative estimate of drug-likeness (QED) is 0.572. The molecule has 1 aromatic carbocycles. The number of benzene rings is 1. The summed E-state index contributed by atoms with van der Waals surface area (Å²) < 4.78 is 0. The molecule has 1 nitrogen and oxygen atoms in total. The van der Waals surface area contributed by atoms with Crippen molar-refractivity contribution in [2.24, 2.45) is 5.73 Å². The number of hydrogen-bond acceptors (Lipinski definition) is 1. The summed E-state index contributed by atoms with van der Waals surface area (Å²) in [7, 11) is 0. The normalized spacial score (nSPS) is 12.4. The van der Waals surface area contributed by atoms with E-state index < -0.39 is 0 Å². The van der Waals surface area contributed by atoms with Gasteiger partial charge in [0.05, 0.1) is 0 Å². The van der Waals surface area contributed by atoms with Crippen LogP contribution in [0.15, 0.2) is 30.9 Å². The van der Waals surface area contributed by atoms with Crippen LogP contribution in [0.25, 0.3) is 0 Å². The first-order chi connectivity index (χ1) is 7.63. The molecule has 1 unspecified atom stereocenters. The van der Waals surface area contributed by atoms with Crippen molar-refractivity contribution in [3.05, 3.63) is 47.5 Å². The highest BCUT2D eigenvalue weighted by Crippen LogP contribution is 2.12. The van der Waals surface area contributed by atoms with Gasteiger partial charge in [-0.05, 0) is 56.2 Å². The van der Waals surface area contributed by atoms with Crippen LogP contribution >= 0.6 is 0 Å². The Kier molecular flexibility index (Phi) is 5.27. The standard InChI is InChI=1S/C15H23N/c1-4-5-6-7-15(16)11-14-9-8-12(2)13(3)10-14/h4,8-10,15H,1,5-7,11,16H2,2-3H3. The molecule has 0 aromatic heterocycles. The van der Waals surface area contributed by atoms with Crippen molar-refractivity contribution in [1.82, 2.24) is 0 Å². The number of allylic oxidation sites excluding steroid dienone is 1. The third kappa shape index (κ3) is 4.19. The summed E-state index contributed by atoms with van der Waals surface area (Å²) in [5.41, 5.74) is 10.2. The lowest BCUT2D eigenvalue weighted by Gasteiger charge is -2.12. The molecule has 2 N–H and O–H groups in total. The van der Waals surface area contributed by atoms with Crippen LogP contribution in [0.4, 0.5) is 0 Å². The van der Waals surface area contributed by atoms with E-state index in [9.17, 15) is 0 Å². The third-order valence-electron chi connectivity index (χ3n) is 3.05. The second kappa shape index (κ2) is 6.49. The van der Waals surface area contributed by atoms with Gasteiger partial charge in [0.15, 0.2) is 0 Å². The molecule has 0 aliphatic heterocycles. The highest BCUT2D eigenvalue weighted by atomic mass is 14.6. The number of rotatable bonds is 6. The molecule has 0 spiro atoms. The van der Waals surface area contributed by atoms with Crippen molar-refractivity contribution in [2.75, 3.05) is 0 Å². The molecule has 0 saturated carbocycles. The summed E-state index contributed by atoms with van der Waals surface area (Å²) in [5, 5.41) is 0. The second-order valence-corrected chi connectivity index (χ2v) is 4.60. The monoisotopic (exact) mass is 217 g/mol. The minimum absolute atomic E-state index is 0.280. The van der Waals surface area contributed by atoms with E-state index in [1.54, 1.807) is 0 Å². The molecule has 1 heteroatoms. The maximum atomic E-state index is 6.10. The topological polar surface area (TPSA) is 26.0 Å². The first-order valence-corrected chi connectivity index (χ1v) is 6.06. The van der Waals surface area contributed by atoms with E-state index in [-0.39, 0.29) is 6.04 Å². The molecule has 0 aliphatic rings. The molecular formula is C15H23N. The van der Waals surface area contributed by atoms with Crippen molar-refractivity contribution in [3.63, 3.8) is 0 Å². The Hall–Kier alpha value is -1.08. The van der Waals surface area contributed by atoms with Crippen LogP contribution in [0.2, 0.25) is 0 Å². The Morgan fingerprint density at radius 1 is 1.31 bits per heavy atom. The van der Waals surface area contributed by atoms with Crippen LogP contribution in [0.5, 0.6) is 0 Å². The fourth-order valence-corrected chi connectivity index (χ4v) is 1.86. The van der Waals surface area contributed by atoms with Gasteiger partial charge < -0.3 is 5.73 Å². The van der Waals surface area contributed by atoms with Crippen LogP contribution in [0, 0.1) is 13.8 Å². The van der Waals surface area contributed by atoms with Gasteiger partial charge in [0, 0.05) is 6.04 Å². The van der Waals surface area contributed by atoms with Crippen molar-refractivity contribution in [2.45, 2.75) is 45.6 Å². The molecule has 0 amide bonds. The SMILES string of the molecule is C=CCCCC(N)Cc1ccc(C)c(C)c1. The Balaban J connectivity index is 2.46. The van der Waals surface area contributed by atoms with E-state index in [1.807, 2.05) is 6.08 Å². The van der Waals surface area contributed by atoms with Gasteiger partial charge in [-0.1, -0.05) is 24.3 Å². The zero-order valence-electron chi connectivity index (χ0n) is 10.5. The fraction of sp³-hybridized carbons (Fsp3) is 0.467. The summed E-state index contributed by atoms with van der Waals surface area (Å²) >= 11 is 0. The van der Waals surface area contributed by atoms with Crippen molar-refractivity contribution >= 4 is 0 Å². The zero-order valence-corrected chi connectivity index (χ0v) is 10.5. The summed E-state index contributed by atoms with van der Waals surface area (Å²) in [4.78, 5) is 0. The van der Waals surface area contributed by atoms with Gasteiger partial charge in [-0.25, -0.2) is 0 Å².